The summed E-state index contributed by atoms with van der Waals surface area (Å²) in [5, 5.41) is 4.51. The van der Waals surface area contributed by atoms with Gasteiger partial charge in [-0.2, -0.15) is 4.98 Å². The van der Waals surface area contributed by atoms with E-state index < -0.39 is 0 Å². The van der Waals surface area contributed by atoms with Gasteiger partial charge in [0.25, 0.3) is 0 Å². The molecule has 0 radical (unpaired) electrons. The smallest absolute Gasteiger partial charge is 0.248 e. The molecule has 0 aliphatic rings. The molecule has 2 heterocycles. The molecule has 0 fully saturated rings. The van der Waals surface area contributed by atoms with Crippen LogP contribution in [0.25, 0.3) is 10.2 Å². The number of aryl methyl sites for hydroxylation is 2. The zero-order valence-corrected chi connectivity index (χ0v) is 17.6. The summed E-state index contributed by atoms with van der Waals surface area (Å²) in [6.45, 7) is 3.83. The molecule has 2 aromatic heterocycles. The van der Waals surface area contributed by atoms with Crippen molar-refractivity contribution >= 4 is 49.8 Å². The molecule has 29 heavy (non-hydrogen) atoms. The molecule has 4 rings (SSSR count). The molecule has 0 bridgehead atoms. The Morgan fingerprint density at radius 3 is 2.55 bits per heavy atom. The number of halogens is 1. The maximum absolute atomic E-state index is 6.24. The van der Waals surface area contributed by atoms with Crippen molar-refractivity contribution in [1.29, 1.82) is 0 Å². The van der Waals surface area contributed by atoms with Gasteiger partial charge in [-0.15, -0.1) is 0 Å². The van der Waals surface area contributed by atoms with Crippen LogP contribution >= 0.6 is 22.9 Å². The van der Waals surface area contributed by atoms with Crippen molar-refractivity contribution in [3.05, 3.63) is 52.8 Å². The molecule has 0 spiro atoms. The highest BCUT2D eigenvalue weighted by Crippen LogP contribution is 2.35. The van der Waals surface area contributed by atoms with Gasteiger partial charge in [-0.05, 0) is 55.3 Å². The van der Waals surface area contributed by atoms with Crippen LogP contribution in [0.15, 0.2) is 36.7 Å². The number of nitrogen functional groups attached to an aromatic ring is 1. The lowest BCUT2D eigenvalue weighted by Gasteiger charge is -2.12. The largest absolute Gasteiger partial charge is 0.497 e. The molecule has 0 aliphatic carbocycles. The number of aromatic nitrogens is 3. The van der Waals surface area contributed by atoms with Gasteiger partial charge < -0.3 is 20.5 Å². The van der Waals surface area contributed by atoms with E-state index in [1.54, 1.807) is 7.11 Å². The summed E-state index contributed by atoms with van der Waals surface area (Å²) in [5.74, 6) is 2.06. The molecule has 0 amide bonds. The standard InChI is InChI=1S/C20H18ClN5O2S/c1-10-6-13(7-11(2)16(10)21)28-19-17(22)18(23-9-24-19)26-20-25-14-5-4-12(27-3)8-15(14)29-20/h4-9H,22H2,1-3H3,(H,23,24,25,26). The average molecular weight is 428 g/mol. The molecule has 0 unspecified atom stereocenters. The van der Waals surface area contributed by atoms with Crippen LogP contribution in [-0.2, 0) is 0 Å². The lowest BCUT2D eigenvalue weighted by molar-refractivity contribution is 0.415. The third-order valence-electron chi connectivity index (χ3n) is 4.29. The second-order valence-electron chi connectivity index (χ2n) is 6.39. The van der Waals surface area contributed by atoms with Gasteiger partial charge in [0.1, 0.15) is 23.5 Å². The van der Waals surface area contributed by atoms with Gasteiger partial charge in [-0.25, -0.2) is 9.97 Å². The summed E-state index contributed by atoms with van der Waals surface area (Å²) in [6, 6.07) is 9.38. The van der Waals surface area contributed by atoms with E-state index in [-0.39, 0.29) is 11.6 Å². The highest BCUT2D eigenvalue weighted by atomic mass is 35.5. The summed E-state index contributed by atoms with van der Waals surface area (Å²) in [6.07, 6.45) is 1.39. The third-order valence-corrected chi connectivity index (χ3v) is 5.82. The predicted octanol–water partition coefficient (Wildman–Crippen LogP) is 5.48. The van der Waals surface area contributed by atoms with E-state index in [1.165, 1.54) is 17.7 Å². The van der Waals surface area contributed by atoms with E-state index in [0.717, 1.165) is 27.1 Å². The molecular formula is C20H18ClN5O2S. The highest BCUT2D eigenvalue weighted by molar-refractivity contribution is 7.22. The Balaban J connectivity index is 1.61. The first-order valence-corrected chi connectivity index (χ1v) is 9.90. The first-order chi connectivity index (χ1) is 13.9. The number of anilines is 3. The lowest BCUT2D eigenvalue weighted by Crippen LogP contribution is -2.03. The topological polar surface area (TPSA) is 95.2 Å². The van der Waals surface area contributed by atoms with Gasteiger partial charge in [0.15, 0.2) is 10.9 Å². The Morgan fingerprint density at radius 1 is 1.07 bits per heavy atom. The second-order valence-corrected chi connectivity index (χ2v) is 7.80. The average Bonchev–Trinajstić information content (AvgIpc) is 3.10. The SMILES string of the molecule is COc1ccc2nc(Nc3ncnc(Oc4cc(C)c(Cl)c(C)c4)c3N)sc2c1. The molecule has 2 aromatic carbocycles. The summed E-state index contributed by atoms with van der Waals surface area (Å²) in [4.78, 5) is 12.9. The molecule has 0 aliphatic heterocycles. The number of nitrogens with zero attached hydrogens (tertiary/aromatic N) is 3. The highest BCUT2D eigenvalue weighted by Gasteiger charge is 2.14. The summed E-state index contributed by atoms with van der Waals surface area (Å²) in [7, 11) is 1.63. The van der Waals surface area contributed by atoms with Crippen molar-refractivity contribution in [2.75, 3.05) is 18.2 Å². The van der Waals surface area contributed by atoms with Crippen LogP contribution < -0.4 is 20.5 Å². The van der Waals surface area contributed by atoms with Crippen LogP contribution in [0, 0.1) is 13.8 Å². The Labute approximate surface area is 176 Å². The van der Waals surface area contributed by atoms with Crippen LogP contribution in [0.3, 0.4) is 0 Å². The first-order valence-electron chi connectivity index (χ1n) is 8.71. The maximum atomic E-state index is 6.24. The van der Waals surface area contributed by atoms with Gasteiger partial charge >= 0.3 is 0 Å². The van der Waals surface area contributed by atoms with Gasteiger partial charge in [0.2, 0.25) is 5.88 Å². The zero-order valence-electron chi connectivity index (χ0n) is 16.0. The Morgan fingerprint density at radius 2 is 1.83 bits per heavy atom. The predicted molar refractivity (Wildman–Crippen MR) is 117 cm³/mol. The van der Waals surface area contributed by atoms with Crippen molar-refractivity contribution in [2.24, 2.45) is 0 Å². The minimum atomic E-state index is 0.256. The minimum absolute atomic E-state index is 0.256. The second kappa shape index (κ2) is 7.73. The molecule has 0 saturated carbocycles. The fourth-order valence-corrected chi connectivity index (χ4v) is 3.83. The van der Waals surface area contributed by atoms with E-state index in [2.05, 4.69) is 20.3 Å². The number of fused-ring (bicyclic) bond motifs is 1. The lowest BCUT2D eigenvalue weighted by atomic mass is 10.1. The van der Waals surface area contributed by atoms with Crippen LogP contribution in [0.2, 0.25) is 5.02 Å². The van der Waals surface area contributed by atoms with Crippen LogP contribution in [0.1, 0.15) is 11.1 Å². The van der Waals surface area contributed by atoms with Gasteiger partial charge in [0.05, 0.1) is 17.3 Å². The maximum Gasteiger partial charge on any atom is 0.248 e. The number of hydrogen-bond donors (Lipinski definition) is 2. The van der Waals surface area contributed by atoms with Gasteiger partial charge in [-0.1, -0.05) is 22.9 Å². The van der Waals surface area contributed by atoms with Crippen LogP contribution in [-0.4, -0.2) is 22.1 Å². The van der Waals surface area contributed by atoms with E-state index >= 15 is 0 Å². The fraction of sp³-hybridized carbons (Fsp3) is 0.150. The van der Waals surface area contributed by atoms with Crippen molar-refractivity contribution in [3.63, 3.8) is 0 Å². The summed E-state index contributed by atoms with van der Waals surface area (Å²) < 4.78 is 12.1. The van der Waals surface area contributed by atoms with Crippen molar-refractivity contribution in [3.8, 4) is 17.4 Å². The van der Waals surface area contributed by atoms with Crippen LogP contribution in [0.4, 0.5) is 16.6 Å². The fourth-order valence-electron chi connectivity index (χ4n) is 2.82. The number of nitrogens with one attached hydrogen (secondary N) is 1. The Bertz CT molecular complexity index is 1190. The molecule has 4 aromatic rings. The Kier molecular flexibility index (Phi) is 5.12. The van der Waals surface area contributed by atoms with Crippen molar-refractivity contribution < 1.29 is 9.47 Å². The van der Waals surface area contributed by atoms with E-state index in [0.29, 0.717) is 21.7 Å². The van der Waals surface area contributed by atoms with Crippen LogP contribution in [0.5, 0.6) is 17.4 Å². The van der Waals surface area contributed by atoms with E-state index in [4.69, 9.17) is 26.8 Å². The van der Waals surface area contributed by atoms with E-state index in [1.807, 2.05) is 44.2 Å². The number of thiazole rings is 1. The molecular weight excluding hydrogens is 410 g/mol. The monoisotopic (exact) mass is 427 g/mol. The molecule has 9 heteroatoms. The number of nitrogens with two attached hydrogens (primary N) is 1. The number of ether oxygens (including phenoxy) is 2. The molecule has 0 saturated heterocycles. The number of benzene rings is 2. The normalized spacial score (nSPS) is 10.9. The van der Waals surface area contributed by atoms with Crippen molar-refractivity contribution in [1.82, 2.24) is 15.0 Å². The van der Waals surface area contributed by atoms with E-state index in [9.17, 15) is 0 Å². The van der Waals surface area contributed by atoms with Gasteiger partial charge in [0, 0.05) is 5.02 Å². The summed E-state index contributed by atoms with van der Waals surface area (Å²) in [5.41, 5.74) is 9.21. The number of hydrogen-bond acceptors (Lipinski definition) is 8. The molecule has 7 nitrogen and oxygen atoms in total. The third kappa shape index (κ3) is 3.90. The Hall–Kier alpha value is -3.10. The molecule has 3 N–H and O–H groups in total. The number of methoxy groups -OCH3 is 1. The van der Waals surface area contributed by atoms with Crippen molar-refractivity contribution in [2.45, 2.75) is 13.8 Å². The minimum Gasteiger partial charge on any atom is -0.497 e. The first kappa shape index (κ1) is 19.2. The zero-order chi connectivity index (χ0) is 20.5. The molecule has 148 valence electrons. The number of rotatable bonds is 5. The van der Waals surface area contributed by atoms with Gasteiger partial charge in [-0.3, -0.25) is 0 Å². The molecule has 0 atom stereocenters. The summed E-state index contributed by atoms with van der Waals surface area (Å²) >= 11 is 7.69. The quantitative estimate of drug-likeness (QED) is 0.435.